The van der Waals surface area contributed by atoms with Crippen molar-refractivity contribution < 1.29 is 0 Å². The molecule has 0 aromatic heterocycles. The Morgan fingerprint density at radius 1 is 0.467 bits per heavy atom. The average molecular weight is 629 g/mol. The average Bonchev–Trinajstić information content (AvgIpc) is 3.00. The second kappa shape index (κ2) is 15.1. The van der Waals surface area contributed by atoms with E-state index < -0.39 is 0 Å². The fourth-order valence-corrected chi connectivity index (χ4v) is 9.85. The van der Waals surface area contributed by atoms with Gasteiger partial charge < -0.3 is 19.6 Å². The molecule has 0 N–H and O–H groups in total. The summed E-state index contributed by atoms with van der Waals surface area (Å²) in [6, 6.07) is 0.878. The van der Waals surface area contributed by atoms with Gasteiger partial charge in [0.05, 0.1) is 0 Å². The highest BCUT2D eigenvalue weighted by atomic mass is 15.2. The number of likely N-dealkylation sites (tertiary alicyclic amines) is 6. The molecule has 0 aromatic rings. The summed E-state index contributed by atoms with van der Waals surface area (Å²) in [5, 5.41) is 0. The third-order valence-corrected chi connectivity index (χ3v) is 13.9. The minimum absolute atomic E-state index is 0.358. The number of rotatable bonds is 3. The van der Waals surface area contributed by atoms with Gasteiger partial charge in [0.25, 0.3) is 0 Å². The van der Waals surface area contributed by atoms with Crippen molar-refractivity contribution in [2.24, 2.45) is 16.7 Å². The Kier molecular flexibility index (Phi) is 12.1. The standard InChI is InChI=1S/C20H39N3.C19H37N3/c1-19(2,3)23-15-9-20(10-16-23)7-13-22(14-8-20)17-18-5-11-21(4)12-6-18;1-18(2,3)22-15-9-19(10-16-22)7-13-21(14-8-19)17-5-11-20(4)12-6-17/h18H,5-17H2,1-4H3;17H,5-16H2,1-4H3. The van der Waals surface area contributed by atoms with E-state index in [0.717, 1.165) is 12.0 Å². The van der Waals surface area contributed by atoms with Crippen LogP contribution in [0.15, 0.2) is 0 Å². The third kappa shape index (κ3) is 9.91. The Hall–Kier alpha value is -0.240. The van der Waals surface area contributed by atoms with E-state index in [1.807, 2.05) is 0 Å². The largest absolute Gasteiger partial charge is 0.306 e. The quantitative estimate of drug-likeness (QED) is 0.360. The molecule has 6 aliphatic rings. The maximum atomic E-state index is 2.83. The van der Waals surface area contributed by atoms with Crippen LogP contribution in [0.4, 0.5) is 0 Å². The molecular weight excluding hydrogens is 552 g/mol. The molecule has 0 bridgehead atoms. The van der Waals surface area contributed by atoms with Crippen molar-refractivity contribution in [1.29, 1.82) is 0 Å². The summed E-state index contributed by atoms with van der Waals surface area (Å²) < 4.78 is 0. The normalized spacial score (nSPS) is 29.6. The van der Waals surface area contributed by atoms with Crippen molar-refractivity contribution in [2.75, 3.05) is 99.2 Å². The summed E-state index contributed by atoms with van der Waals surface area (Å²) in [5.41, 5.74) is 2.08. The van der Waals surface area contributed by atoms with Crippen LogP contribution < -0.4 is 0 Å². The smallest absolute Gasteiger partial charge is 0.0125 e. The van der Waals surface area contributed by atoms with E-state index in [2.05, 4.69) is 85.0 Å². The van der Waals surface area contributed by atoms with E-state index in [9.17, 15) is 0 Å². The van der Waals surface area contributed by atoms with Crippen LogP contribution in [0.25, 0.3) is 0 Å². The lowest BCUT2D eigenvalue weighted by atomic mass is 9.70. The van der Waals surface area contributed by atoms with Crippen molar-refractivity contribution in [3.63, 3.8) is 0 Å². The van der Waals surface area contributed by atoms with Crippen molar-refractivity contribution in [3.8, 4) is 0 Å². The summed E-state index contributed by atoms with van der Waals surface area (Å²) in [4.78, 5) is 16.0. The van der Waals surface area contributed by atoms with Gasteiger partial charge in [-0.25, -0.2) is 0 Å². The summed E-state index contributed by atoms with van der Waals surface area (Å²) in [7, 11) is 4.54. The van der Waals surface area contributed by atoms with Crippen molar-refractivity contribution in [3.05, 3.63) is 0 Å². The predicted octanol–water partition coefficient (Wildman–Crippen LogP) is 6.36. The zero-order valence-corrected chi connectivity index (χ0v) is 31.5. The van der Waals surface area contributed by atoms with Gasteiger partial charge in [0, 0.05) is 23.7 Å². The monoisotopic (exact) mass is 629 g/mol. The van der Waals surface area contributed by atoms with E-state index >= 15 is 0 Å². The first-order valence-electron chi connectivity index (χ1n) is 19.6. The van der Waals surface area contributed by atoms with Crippen LogP contribution in [-0.4, -0.2) is 146 Å². The van der Waals surface area contributed by atoms with E-state index in [1.54, 1.807) is 0 Å². The van der Waals surface area contributed by atoms with Crippen LogP contribution in [0.2, 0.25) is 0 Å². The van der Waals surface area contributed by atoms with Crippen LogP contribution in [0.1, 0.15) is 119 Å². The molecular formula is C39H76N6. The molecule has 2 spiro atoms. The highest BCUT2D eigenvalue weighted by Crippen LogP contribution is 2.44. The first-order valence-corrected chi connectivity index (χ1v) is 19.6. The number of hydrogen-bond donors (Lipinski definition) is 0. The summed E-state index contributed by atoms with van der Waals surface area (Å²) in [6.45, 7) is 31.5. The molecule has 0 radical (unpaired) electrons. The third-order valence-electron chi connectivity index (χ3n) is 13.9. The minimum atomic E-state index is 0.358. The van der Waals surface area contributed by atoms with Gasteiger partial charge in [0.1, 0.15) is 0 Å². The summed E-state index contributed by atoms with van der Waals surface area (Å²) >= 11 is 0. The molecule has 6 rings (SSSR count). The Morgan fingerprint density at radius 2 is 0.822 bits per heavy atom. The first-order chi connectivity index (χ1) is 21.2. The lowest BCUT2D eigenvalue weighted by Crippen LogP contribution is -2.53. The zero-order chi connectivity index (χ0) is 32.3. The van der Waals surface area contributed by atoms with Crippen LogP contribution in [-0.2, 0) is 0 Å². The molecule has 0 atom stereocenters. The van der Waals surface area contributed by atoms with Crippen molar-refractivity contribution in [2.45, 2.75) is 136 Å². The Bertz CT molecular complexity index is 854. The van der Waals surface area contributed by atoms with E-state index in [0.29, 0.717) is 21.9 Å². The van der Waals surface area contributed by atoms with Crippen LogP contribution in [0.3, 0.4) is 0 Å². The SMILES string of the molecule is CN1CCC(CN2CCC3(CC2)CCN(C(C)(C)C)CC3)CC1.CN1CCC(N2CCC3(CC2)CCN(C(C)(C)C)CC3)CC1. The maximum absolute atomic E-state index is 2.83. The van der Waals surface area contributed by atoms with Gasteiger partial charge in [-0.1, -0.05) is 0 Å². The van der Waals surface area contributed by atoms with Crippen LogP contribution in [0, 0.1) is 16.7 Å². The first kappa shape index (κ1) is 36.1. The molecule has 6 nitrogen and oxygen atoms in total. The molecule has 45 heavy (non-hydrogen) atoms. The van der Waals surface area contributed by atoms with E-state index in [1.165, 1.54) is 162 Å². The second-order valence-electron chi connectivity index (χ2n) is 18.9. The maximum Gasteiger partial charge on any atom is 0.0125 e. The van der Waals surface area contributed by atoms with Gasteiger partial charge in [-0.2, -0.15) is 0 Å². The van der Waals surface area contributed by atoms with Crippen molar-refractivity contribution >= 4 is 0 Å². The summed E-state index contributed by atoms with van der Waals surface area (Å²) in [5.74, 6) is 0.961. The lowest BCUT2D eigenvalue weighted by Gasteiger charge is -2.51. The number of piperidine rings is 6. The minimum Gasteiger partial charge on any atom is -0.306 e. The molecule has 0 aliphatic carbocycles. The highest BCUT2D eigenvalue weighted by molar-refractivity contribution is 4.96. The molecule has 6 heteroatoms. The van der Waals surface area contributed by atoms with Gasteiger partial charge in [-0.3, -0.25) is 9.80 Å². The lowest BCUT2D eigenvalue weighted by molar-refractivity contribution is -0.0120. The molecule has 6 fully saturated rings. The molecule has 0 unspecified atom stereocenters. The van der Waals surface area contributed by atoms with Gasteiger partial charge in [0.2, 0.25) is 0 Å². The molecule has 262 valence electrons. The van der Waals surface area contributed by atoms with Gasteiger partial charge in [-0.15, -0.1) is 0 Å². The predicted molar refractivity (Wildman–Crippen MR) is 193 cm³/mol. The van der Waals surface area contributed by atoms with Crippen molar-refractivity contribution in [1.82, 2.24) is 29.4 Å². The van der Waals surface area contributed by atoms with Crippen LogP contribution in [0.5, 0.6) is 0 Å². The zero-order valence-electron chi connectivity index (χ0n) is 31.5. The Balaban J connectivity index is 0.000000178. The van der Waals surface area contributed by atoms with Gasteiger partial charge >= 0.3 is 0 Å². The van der Waals surface area contributed by atoms with Gasteiger partial charge in [-0.05, 0) is 228 Å². The Morgan fingerprint density at radius 3 is 1.22 bits per heavy atom. The molecule has 6 saturated heterocycles. The highest BCUT2D eigenvalue weighted by Gasteiger charge is 2.41. The molecule has 0 saturated carbocycles. The molecule has 0 aromatic carbocycles. The topological polar surface area (TPSA) is 19.4 Å². The van der Waals surface area contributed by atoms with Crippen LogP contribution >= 0.6 is 0 Å². The van der Waals surface area contributed by atoms with E-state index in [4.69, 9.17) is 0 Å². The molecule has 0 amide bonds. The molecule has 6 heterocycles. The number of nitrogens with zero attached hydrogens (tertiary/aromatic N) is 6. The summed E-state index contributed by atoms with van der Waals surface area (Å²) in [6.07, 6.45) is 17.2. The van der Waals surface area contributed by atoms with Gasteiger partial charge in [0.15, 0.2) is 0 Å². The second-order valence-corrected chi connectivity index (χ2v) is 18.9. The molecule has 6 aliphatic heterocycles. The van der Waals surface area contributed by atoms with E-state index in [-0.39, 0.29) is 0 Å². The number of hydrogen-bond acceptors (Lipinski definition) is 6. The fraction of sp³-hybridized carbons (Fsp3) is 1.00. The Labute approximate surface area is 280 Å². The fourth-order valence-electron chi connectivity index (χ4n) is 9.85.